The van der Waals surface area contributed by atoms with Crippen LogP contribution >= 0.6 is 0 Å². The summed E-state index contributed by atoms with van der Waals surface area (Å²) in [6.45, 7) is 3.75. The van der Waals surface area contributed by atoms with E-state index in [4.69, 9.17) is 4.74 Å². The number of para-hydroxylation sites is 2. The molecule has 1 atom stereocenters. The van der Waals surface area contributed by atoms with E-state index in [0.717, 1.165) is 17.7 Å². The molecule has 2 N–H and O–H groups in total. The highest BCUT2D eigenvalue weighted by atomic mass is 16.5. The smallest absolute Gasteiger partial charge is 0.354 e. The van der Waals surface area contributed by atoms with E-state index < -0.39 is 17.9 Å². The van der Waals surface area contributed by atoms with Crippen molar-refractivity contribution in [1.82, 2.24) is 5.32 Å². The number of esters is 1. The zero-order valence-electron chi connectivity index (χ0n) is 17.6. The number of carbonyl (C=O) groups excluding carboxylic acids is 3. The molecule has 3 rings (SSSR count). The maximum atomic E-state index is 12.9. The Morgan fingerprint density at radius 2 is 1.77 bits per heavy atom. The monoisotopic (exact) mass is 422 g/mol. The first-order chi connectivity index (χ1) is 15.0. The van der Waals surface area contributed by atoms with Gasteiger partial charge >= 0.3 is 5.97 Å². The molecule has 31 heavy (non-hydrogen) atoms. The van der Waals surface area contributed by atoms with Gasteiger partial charge in [0.05, 0.1) is 18.8 Å². The van der Waals surface area contributed by atoms with Gasteiger partial charge in [0.25, 0.3) is 0 Å². The molecule has 2 aromatic rings. The van der Waals surface area contributed by atoms with Gasteiger partial charge in [0.15, 0.2) is 0 Å². The molecule has 0 radical (unpaired) electrons. The molecule has 0 saturated carbocycles. The number of aryl methyl sites for hydroxylation is 1. The maximum absolute atomic E-state index is 12.9. The van der Waals surface area contributed by atoms with Gasteiger partial charge < -0.3 is 15.4 Å². The number of hydrogen-bond acceptors (Lipinski definition) is 6. The highest BCUT2D eigenvalue weighted by Gasteiger charge is 2.36. The molecule has 1 aliphatic heterocycles. The fourth-order valence-electron chi connectivity index (χ4n) is 3.30. The second-order valence-electron chi connectivity index (χ2n) is 6.94. The Bertz CT molecular complexity index is 975. The Balaban J connectivity index is 1.66. The van der Waals surface area contributed by atoms with Crippen molar-refractivity contribution >= 4 is 34.9 Å². The van der Waals surface area contributed by atoms with Gasteiger partial charge in [-0.05, 0) is 37.1 Å². The van der Waals surface area contributed by atoms with E-state index in [-0.39, 0.29) is 31.2 Å². The Morgan fingerprint density at radius 1 is 1.06 bits per heavy atom. The molecular formula is C23H26N4O4. The number of rotatable bonds is 8. The summed E-state index contributed by atoms with van der Waals surface area (Å²) >= 11 is 0. The summed E-state index contributed by atoms with van der Waals surface area (Å²) in [5.41, 5.74) is 2.58. The Kier molecular flexibility index (Phi) is 7.37. The fraction of sp³-hybridized carbons (Fsp3) is 0.304. The lowest BCUT2D eigenvalue weighted by atomic mass is 10.1. The van der Waals surface area contributed by atoms with Crippen molar-refractivity contribution < 1.29 is 19.1 Å². The summed E-state index contributed by atoms with van der Waals surface area (Å²) < 4.78 is 5.03. The van der Waals surface area contributed by atoms with Crippen molar-refractivity contribution in [3.63, 3.8) is 0 Å². The first-order valence-electron chi connectivity index (χ1n) is 10.3. The van der Waals surface area contributed by atoms with Crippen LogP contribution in [0.3, 0.4) is 0 Å². The SMILES string of the molecule is CCOC(=O)C1=NN(c2ccccc2)C(C(=O)NCC(=O)Nc2ccccc2CC)C1. The van der Waals surface area contributed by atoms with Crippen LogP contribution in [-0.2, 0) is 25.5 Å². The number of nitrogens with zero attached hydrogens (tertiary/aromatic N) is 2. The lowest BCUT2D eigenvalue weighted by Gasteiger charge is -2.22. The topological polar surface area (TPSA) is 100 Å². The molecule has 2 amide bonds. The Labute approximate surface area is 181 Å². The largest absolute Gasteiger partial charge is 0.461 e. The van der Waals surface area contributed by atoms with Gasteiger partial charge in [-0.2, -0.15) is 5.10 Å². The van der Waals surface area contributed by atoms with E-state index in [1.54, 1.807) is 19.1 Å². The molecule has 1 heterocycles. The van der Waals surface area contributed by atoms with E-state index in [2.05, 4.69) is 15.7 Å². The van der Waals surface area contributed by atoms with Crippen molar-refractivity contribution in [2.24, 2.45) is 5.10 Å². The zero-order chi connectivity index (χ0) is 22.2. The molecule has 0 spiro atoms. The number of hydrogen-bond donors (Lipinski definition) is 2. The lowest BCUT2D eigenvalue weighted by Crippen LogP contribution is -2.45. The summed E-state index contributed by atoms with van der Waals surface area (Å²) in [7, 11) is 0. The maximum Gasteiger partial charge on any atom is 0.354 e. The summed E-state index contributed by atoms with van der Waals surface area (Å²) in [6, 6.07) is 15.9. The number of carbonyl (C=O) groups is 3. The van der Waals surface area contributed by atoms with E-state index in [9.17, 15) is 14.4 Å². The second-order valence-corrected chi connectivity index (χ2v) is 6.94. The molecule has 0 aliphatic carbocycles. The number of benzene rings is 2. The Hall–Kier alpha value is -3.68. The Morgan fingerprint density at radius 3 is 2.48 bits per heavy atom. The molecule has 1 unspecified atom stereocenters. The minimum Gasteiger partial charge on any atom is -0.461 e. The minimum atomic E-state index is -0.752. The molecule has 1 aliphatic rings. The van der Waals surface area contributed by atoms with Crippen LogP contribution in [0.2, 0.25) is 0 Å². The normalized spacial score (nSPS) is 15.2. The van der Waals surface area contributed by atoms with Crippen LogP contribution in [0.25, 0.3) is 0 Å². The lowest BCUT2D eigenvalue weighted by molar-refractivity contribution is -0.135. The summed E-state index contributed by atoms with van der Waals surface area (Å²) in [5, 5.41) is 11.3. The third kappa shape index (κ3) is 5.48. The highest BCUT2D eigenvalue weighted by molar-refractivity contribution is 6.38. The van der Waals surface area contributed by atoms with Crippen LogP contribution in [0.1, 0.15) is 25.8 Å². The zero-order valence-corrected chi connectivity index (χ0v) is 17.6. The van der Waals surface area contributed by atoms with Gasteiger partial charge in [-0.15, -0.1) is 0 Å². The number of anilines is 2. The highest BCUT2D eigenvalue weighted by Crippen LogP contribution is 2.25. The standard InChI is InChI=1S/C23H26N4O4/c1-3-16-10-8-9-13-18(16)25-21(28)15-24-22(29)20-14-19(23(30)31-4-2)26-27(20)17-11-6-5-7-12-17/h5-13,20H,3-4,14-15H2,1-2H3,(H,24,29)(H,25,28). The molecule has 8 heteroatoms. The molecule has 0 aromatic heterocycles. The van der Waals surface area contributed by atoms with Gasteiger partial charge in [-0.3, -0.25) is 14.6 Å². The van der Waals surface area contributed by atoms with Gasteiger partial charge in [-0.1, -0.05) is 43.3 Å². The van der Waals surface area contributed by atoms with Crippen molar-refractivity contribution in [1.29, 1.82) is 0 Å². The third-order valence-corrected chi connectivity index (χ3v) is 4.84. The fourth-order valence-corrected chi connectivity index (χ4v) is 3.30. The van der Waals surface area contributed by atoms with Crippen LogP contribution in [0.5, 0.6) is 0 Å². The molecule has 0 fully saturated rings. The van der Waals surface area contributed by atoms with Crippen molar-refractivity contribution in [3.8, 4) is 0 Å². The third-order valence-electron chi connectivity index (χ3n) is 4.84. The number of nitrogens with one attached hydrogen (secondary N) is 2. The number of amides is 2. The van der Waals surface area contributed by atoms with Crippen LogP contribution in [0.4, 0.5) is 11.4 Å². The average Bonchev–Trinajstić information content (AvgIpc) is 3.24. The first kappa shape index (κ1) is 22.0. The predicted molar refractivity (Wildman–Crippen MR) is 119 cm³/mol. The number of hydrazone groups is 1. The van der Waals surface area contributed by atoms with E-state index in [0.29, 0.717) is 5.69 Å². The van der Waals surface area contributed by atoms with Gasteiger partial charge in [-0.25, -0.2) is 4.79 Å². The van der Waals surface area contributed by atoms with E-state index in [1.165, 1.54) is 5.01 Å². The van der Waals surface area contributed by atoms with Gasteiger partial charge in [0.1, 0.15) is 11.8 Å². The molecule has 0 bridgehead atoms. The van der Waals surface area contributed by atoms with Gasteiger partial charge in [0.2, 0.25) is 11.8 Å². The summed E-state index contributed by atoms with van der Waals surface area (Å²) in [4.78, 5) is 37.4. The van der Waals surface area contributed by atoms with E-state index in [1.807, 2.05) is 49.4 Å². The van der Waals surface area contributed by atoms with Crippen molar-refractivity contribution in [3.05, 3.63) is 60.2 Å². The molecule has 0 saturated heterocycles. The molecule has 2 aromatic carbocycles. The van der Waals surface area contributed by atoms with Crippen molar-refractivity contribution in [2.75, 3.05) is 23.5 Å². The second kappa shape index (κ2) is 10.4. The van der Waals surface area contributed by atoms with Gasteiger partial charge in [0, 0.05) is 12.1 Å². The molecular weight excluding hydrogens is 396 g/mol. The predicted octanol–water partition coefficient (Wildman–Crippen LogP) is 2.50. The van der Waals surface area contributed by atoms with Crippen LogP contribution in [0.15, 0.2) is 59.7 Å². The summed E-state index contributed by atoms with van der Waals surface area (Å²) in [6.07, 6.45) is 0.880. The quantitative estimate of drug-likeness (QED) is 0.637. The van der Waals surface area contributed by atoms with Crippen LogP contribution < -0.4 is 15.6 Å². The molecule has 8 nitrogen and oxygen atoms in total. The van der Waals surface area contributed by atoms with Crippen LogP contribution in [-0.4, -0.2) is 42.7 Å². The number of ether oxygens (including phenoxy) is 1. The van der Waals surface area contributed by atoms with E-state index >= 15 is 0 Å². The summed E-state index contributed by atoms with van der Waals surface area (Å²) in [5.74, 6) is -1.27. The van der Waals surface area contributed by atoms with Crippen LogP contribution in [0, 0.1) is 0 Å². The first-order valence-corrected chi connectivity index (χ1v) is 10.3. The molecule has 162 valence electrons. The van der Waals surface area contributed by atoms with Crippen molar-refractivity contribution in [2.45, 2.75) is 32.7 Å². The average molecular weight is 422 g/mol. The minimum absolute atomic E-state index is 0.0971.